The van der Waals surface area contributed by atoms with Crippen LogP contribution in [0.25, 0.3) is 0 Å². The van der Waals surface area contributed by atoms with Gasteiger partial charge in [0.05, 0.1) is 31.1 Å². The van der Waals surface area contributed by atoms with Crippen molar-refractivity contribution in [3.05, 3.63) is 30.6 Å². The van der Waals surface area contributed by atoms with Crippen LogP contribution in [0.15, 0.2) is 30.6 Å². The predicted octanol–water partition coefficient (Wildman–Crippen LogP) is 1.76. The van der Waals surface area contributed by atoms with E-state index in [0.717, 1.165) is 38.0 Å². The maximum atomic E-state index is 12.1. The molecule has 0 saturated carbocycles. The smallest absolute Gasteiger partial charge is 0.344 e. The SMILES string of the molecule is CCCCOc1cncc(N2CCCNCCC23OC(=O)C=CC(=O)O3)c1. The number of rotatable bonds is 5. The Balaban J connectivity index is 1.92. The van der Waals surface area contributed by atoms with Crippen LogP contribution in [0, 0.1) is 0 Å². The average Bonchev–Trinajstić information content (AvgIpc) is 2.78. The van der Waals surface area contributed by atoms with E-state index in [1.54, 1.807) is 17.3 Å². The fourth-order valence-electron chi connectivity index (χ4n) is 3.08. The van der Waals surface area contributed by atoms with Crippen molar-refractivity contribution in [2.45, 2.75) is 38.5 Å². The van der Waals surface area contributed by atoms with Crippen LogP contribution in [-0.2, 0) is 19.1 Å². The molecule has 2 aliphatic rings. The van der Waals surface area contributed by atoms with E-state index in [1.165, 1.54) is 0 Å². The van der Waals surface area contributed by atoms with Gasteiger partial charge in [-0.25, -0.2) is 9.59 Å². The van der Waals surface area contributed by atoms with Gasteiger partial charge >= 0.3 is 17.8 Å². The van der Waals surface area contributed by atoms with Gasteiger partial charge < -0.3 is 19.5 Å². The summed E-state index contributed by atoms with van der Waals surface area (Å²) in [4.78, 5) is 30.2. The molecule has 3 rings (SSSR count). The van der Waals surface area contributed by atoms with Gasteiger partial charge in [-0.05, 0) is 19.4 Å². The van der Waals surface area contributed by atoms with Gasteiger partial charge in [-0.2, -0.15) is 0 Å². The topological polar surface area (TPSA) is 90.0 Å². The molecular weight excluding hydrogens is 350 g/mol. The van der Waals surface area contributed by atoms with Crippen LogP contribution in [-0.4, -0.2) is 49.1 Å². The van der Waals surface area contributed by atoms with Gasteiger partial charge in [0.25, 0.3) is 0 Å². The van der Waals surface area contributed by atoms with E-state index in [4.69, 9.17) is 14.2 Å². The van der Waals surface area contributed by atoms with Crippen LogP contribution in [0.2, 0.25) is 0 Å². The minimum atomic E-state index is -1.52. The maximum Gasteiger partial charge on any atom is 0.344 e. The molecule has 0 amide bonds. The Labute approximate surface area is 158 Å². The molecule has 1 saturated heterocycles. The predicted molar refractivity (Wildman–Crippen MR) is 98.1 cm³/mol. The molecule has 3 heterocycles. The molecule has 0 aromatic carbocycles. The van der Waals surface area contributed by atoms with E-state index < -0.39 is 17.8 Å². The van der Waals surface area contributed by atoms with Crippen molar-refractivity contribution in [3.63, 3.8) is 0 Å². The first-order valence-corrected chi connectivity index (χ1v) is 9.33. The largest absolute Gasteiger partial charge is 0.492 e. The van der Waals surface area contributed by atoms with Crippen LogP contribution < -0.4 is 15.0 Å². The lowest BCUT2D eigenvalue weighted by Gasteiger charge is -2.42. The molecule has 1 aromatic rings. The van der Waals surface area contributed by atoms with Gasteiger partial charge in [-0.15, -0.1) is 0 Å². The Morgan fingerprint density at radius 2 is 2.00 bits per heavy atom. The number of pyridine rings is 1. The summed E-state index contributed by atoms with van der Waals surface area (Å²) >= 11 is 0. The average molecular weight is 375 g/mol. The highest BCUT2D eigenvalue weighted by Crippen LogP contribution is 2.33. The number of hydrogen-bond donors (Lipinski definition) is 1. The van der Waals surface area contributed by atoms with Crippen molar-refractivity contribution < 1.29 is 23.8 Å². The lowest BCUT2D eigenvalue weighted by Crippen LogP contribution is -2.57. The number of carbonyl (C=O) groups is 2. The van der Waals surface area contributed by atoms with Gasteiger partial charge in [-0.1, -0.05) is 13.3 Å². The summed E-state index contributed by atoms with van der Waals surface area (Å²) in [6.45, 7) is 4.57. The second-order valence-corrected chi connectivity index (χ2v) is 6.47. The van der Waals surface area contributed by atoms with Crippen molar-refractivity contribution in [1.29, 1.82) is 0 Å². The van der Waals surface area contributed by atoms with E-state index in [0.29, 0.717) is 37.6 Å². The van der Waals surface area contributed by atoms with E-state index in [1.807, 2.05) is 6.07 Å². The van der Waals surface area contributed by atoms with Crippen LogP contribution in [0.1, 0.15) is 32.6 Å². The Bertz CT molecular complexity index is 686. The lowest BCUT2D eigenvalue weighted by atomic mass is 10.2. The summed E-state index contributed by atoms with van der Waals surface area (Å²) < 4.78 is 16.9. The number of carbonyl (C=O) groups excluding carboxylic acids is 2. The van der Waals surface area contributed by atoms with E-state index in [-0.39, 0.29) is 0 Å². The number of hydrogen-bond acceptors (Lipinski definition) is 8. The van der Waals surface area contributed by atoms with Crippen molar-refractivity contribution in [3.8, 4) is 5.75 Å². The standard InChI is InChI=1S/C19H25N3O5/c1-2-3-11-25-16-12-15(13-21-14-16)22-10-4-8-20-9-7-19(22)26-17(23)5-6-18(24)27-19/h5-6,12-14,20H,2-4,7-11H2,1H3. The Kier molecular flexibility index (Phi) is 6.28. The summed E-state index contributed by atoms with van der Waals surface area (Å²) in [5.74, 6) is -2.13. The normalized spacial score (nSPS) is 19.7. The summed E-state index contributed by atoms with van der Waals surface area (Å²) in [5.41, 5.74) is 0.674. The third-order valence-electron chi connectivity index (χ3n) is 4.42. The van der Waals surface area contributed by atoms with E-state index >= 15 is 0 Å². The number of esters is 2. The zero-order chi connectivity index (χ0) is 19.1. The maximum absolute atomic E-state index is 12.1. The molecule has 0 unspecified atom stereocenters. The van der Waals surface area contributed by atoms with Gasteiger partial charge in [-0.3, -0.25) is 9.88 Å². The lowest BCUT2D eigenvalue weighted by molar-refractivity contribution is -0.223. The zero-order valence-corrected chi connectivity index (χ0v) is 15.5. The molecule has 0 bridgehead atoms. The monoisotopic (exact) mass is 375 g/mol. The van der Waals surface area contributed by atoms with Crippen molar-refractivity contribution >= 4 is 17.6 Å². The summed E-state index contributed by atoms with van der Waals surface area (Å²) in [5, 5.41) is 3.26. The molecule has 2 aliphatic heterocycles. The molecule has 146 valence electrons. The molecule has 27 heavy (non-hydrogen) atoms. The third kappa shape index (κ3) is 4.77. The molecule has 1 fully saturated rings. The molecule has 0 atom stereocenters. The zero-order valence-electron chi connectivity index (χ0n) is 15.5. The molecule has 1 N–H and O–H groups in total. The van der Waals surface area contributed by atoms with Gasteiger partial charge in [0.2, 0.25) is 0 Å². The molecule has 1 aromatic heterocycles. The van der Waals surface area contributed by atoms with Crippen LogP contribution in [0.4, 0.5) is 5.69 Å². The second-order valence-electron chi connectivity index (χ2n) is 6.47. The van der Waals surface area contributed by atoms with Crippen molar-refractivity contribution in [1.82, 2.24) is 10.3 Å². The van der Waals surface area contributed by atoms with Crippen LogP contribution in [0.5, 0.6) is 5.75 Å². The molecule has 8 nitrogen and oxygen atoms in total. The summed E-state index contributed by atoms with van der Waals surface area (Å²) in [6.07, 6.45) is 8.54. The first-order chi connectivity index (χ1) is 13.1. The Hall–Kier alpha value is -2.61. The van der Waals surface area contributed by atoms with E-state index in [2.05, 4.69) is 17.2 Å². The molecular formula is C19H25N3O5. The van der Waals surface area contributed by atoms with Crippen molar-refractivity contribution in [2.24, 2.45) is 0 Å². The fourth-order valence-corrected chi connectivity index (χ4v) is 3.08. The summed E-state index contributed by atoms with van der Waals surface area (Å²) in [6, 6.07) is 1.83. The number of nitrogens with one attached hydrogen (secondary N) is 1. The van der Waals surface area contributed by atoms with E-state index in [9.17, 15) is 9.59 Å². The number of aromatic nitrogens is 1. The highest BCUT2D eigenvalue weighted by molar-refractivity contribution is 5.93. The number of anilines is 1. The molecule has 0 radical (unpaired) electrons. The highest BCUT2D eigenvalue weighted by Gasteiger charge is 2.46. The number of nitrogens with zero attached hydrogens (tertiary/aromatic N) is 2. The second kappa shape index (κ2) is 8.85. The molecule has 0 aliphatic carbocycles. The summed E-state index contributed by atoms with van der Waals surface area (Å²) in [7, 11) is 0. The van der Waals surface area contributed by atoms with Gasteiger partial charge in [0, 0.05) is 31.3 Å². The van der Waals surface area contributed by atoms with Crippen LogP contribution >= 0.6 is 0 Å². The first-order valence-electron chi connectivity index (χ1n) is 9.33. The van der Waals surface area contributed by atoms with Gasteiger partial charge in [0.1, 0.15) is 5.75 Å². The molecule has 1 spiro atoms. The van der Waals surface area contributed by atoms with Crippen molar-refractivity contribution in [2.75, 3.05) is 31.1 Å². The number of ether oxygens (including phenoxy) is 3. The quantitative estimate of drug-likeness (QED) is 0.615. The Morgan fingerprint density at radius 1 is 1.22 bits per heavy atom. The van der Waals surface area contributed by atoms with Gasteiger partial charge in [0.15, 0.2) is 0 Å². The minimum absolute atomic E-state index is 0.299. The third-order valence-corrected chi connectivity index (χ3v) is 4.42. The molecule has 8 heteroatoms. The first kappa shape index (κ1) is 19.2. The fraction of sp³-hybridized carbons (Fsp3) is 0.526. The minimum Gasteiger partial charge on any atom is -0.492 e. The Morgan fingerprint density at radius 3 is 2.74 bits per heavy atom. The highest BCUT2D eigenvalue weighted by atomic mass is 16.8. The number of unbranched alkanes of at least 4 members (excludes halogenated alkanes) is 1. The van der Waals surface area contributed by atoms with Crippen LogP contribution in [0.3, 0.4) is 0 Å².